The number of benzene rings is 1. The fourth-order valence-corrected chi connectivity index (χ4v) is 3.25. The van der Waals surface area contributed by atoms with Gasteiger partial charge in [0.05, 0.1) is 12.8 Å². The van der Waals surface area contributed by atoms with Gasteiger partial charge in [-0.25, -0.2) is 8.42 Å². The average molecular weight is 297 g/mol. The summed E-state index contributed by atoms with van der Waals surface area (Å²) in [6.07, 6.45) is 0. The van der Waals surface area contributed by atoms with Crippen molar-refractivity contribution >= 4 is 21.4 Å². The van der Waals surface area contributed by atoms with Crippen LogP contribution in [0.4, 0.5) is 11.4 Å². The molecule has 1 aromatic heterocycles. The van der Waals surface area contributed by atoms with Gasteiger partial charge >= 0.3 is 0 Å². The Bertz CT molecular complexity index is 718. The summed E-state index contributed by atoms with van der Waals surface area (Å²) < 4.78 is 37.1. The Balaban J connectivity index is 2.44. The second-order valence-corrected chi connectivity index (χ2v) is 5.84. The fraction of sp³-hybridized carbons (Fsp3) is 0.250. The second kappa shape index (κ2) is 5.04. The van der Waals surface area contributed by atoms with Crippen molar-refractivity contribution in [2.75, 3.05) is 17.6 Å². The number of anilines is 2. The SMILES string of the molecule is COc1cc(N)ccc1NS(=O)(=O)c1c(C)noc1C. The highest BCUT2D eigenvalue weighted by molar-refractivity contribution is 7.92. The van der Waals surface area contributed by atoms with Gasteiger partial charge in [-0.05, 0) is 26.0 Å². The van der Waals surface area contributed by atoms with E-state index in [4.69, 9.17) is 15.0 Å². The minimum absolute atomic E-state index is 0.0244. The van der Waals surface area contributed by atoms with E-state index in [1.807, 2.05) is 0 Å². The minimum Gasteiger partial charge on any atom is -0.494 e. The summed E-state index contributed by atoms with van der Waals surface area (Å²) >= 11 is 0. The topological polar surface area (TPSA) is 107 Å². The number of nitrogens with one attached hydrogen (secondary N) is 1. The molecular weight excluding hydrogens is 282 g/mol. The van der Waals surface area contributed by atoms with Crippen LogP contribution in [0.25, 0.3) is 0 Å². The summed E-state index contributed by atoms with van der Waals surface area (Å²) in [5, 5.41) is 3.64. The molecule has 0 amide bonds. The Morgan fingerprint density at radius 3 is 2.60 bits per heavy atom. The number of nitrogens with zero attached hydrogens (tertiary/aromatic N) is 1. The van der Waals surface area contributed by atoms with Crippen LogP contribution >= 0.6 is 0 Å². The van der Waals surface area contributed by atoms with Crippen molar-refractivity contribution in [1.82, 2.24) is 5.16 Å². The number of aromatic nitrogens is 1. The number of nitrogen functional groups attached to an aromatic ring is 1. The quantitative estimate of drug-likeness (QED) is 0.831. The van der Waals surface area contributed by atoms with Crippen molar-refractivity contribution in [2.45, 2.75) is 18.7 Å². The Morgan fingerprint density at radius 2 is 2.05 bits per heavy atom. The molecular formula is C12H15N3O4S. The van der Waals surface area contributed by atoms with Crippen LogP contribution in [-0.2, 0) is 10.0 Å². The molecule has 108 valence electrons. The molecule has 0 bridgehead atoms. The molecule has 3 N–H and O–H groups in total. The van der Waals surface area contributed by atoms with Crippen LogP contribution in [-0.4, -0.2) is 20.7 Å². The molecule has 0 aliphatic heterocycles. The predicted octanol–water partition coefficient (Wildman–Crippen LogP) is 1.68. The molecule has 8 heteroatoms. The summed E-state index contributed by atoms with van der Waals surface area (Å²) in [7, 11) is -2.37. The number of methoxy groups -OCH3 is 1. The van der Waals surface area contributed by atoms with Crippen LogP contribution in [0.3, 0.4) is 0 Å². The Hall–Kier alpha value is -2.22. The zero-order chi connectivity index (χ0) is 14.9. The lowest BCUT2D eigenvalue weighted by molar-refractivity contribution is 0.390. The first kappa shape index (κ1) is 14.2. The highest BCUT2D eigenvalue weighted by Crippen LogP contribution is 2.30. The number of aryl methyl sites for hydroxylation is 2. The first-order valence-corrected chi connectivity index (χ1v) is 7.22. The minimum atomic E-state index is -3.80. The van der Waals surface area contributed by atoms with Crippen LogP contribution in [0.2, 0.25) is 0 Å². The maximum atomic E-state index is 12.4. The van der Waals surface area contributed by atoms with E-state index in [1.165, 1.54) is 26.2 Å². The van der Waals surface area contributed by atoms with Crippen molar-refractivity contribution < 1.29 is 17.7 Å². The molecule has 1 aromatic carbocycles. The van der Waals surface area contributed by atoms with Gasteiger partial charge in [0.2, 0.25) is 0 Å². The molecule has 7 nitrogen and oxygen atoms in total. The smallest absolute Gasteiger partial charge is 0.267 e. The first-order chi connectivity index (χ1) is 9.35. The molecule has 0 saturated heterocycles. The monoisotopic (exact) mass is 297 g/mol. The third kappa shape index (κ3) is 2.55. The maximum Gasteiger partial charge on any atom is 0.267 e. The van der Waals surface area contributed by atoms with Gasteiger partial charge in [0, 0.05) is 11.8 Å². The third-order valence-corrected chi connectivity index (χ3v) is 4.32. The van der Waals surface area contributed by atoms with Crippen LogP contribution < -0.4 is 15.2 Å². The molecule has 0 fully saturated rings. The van der Waals surface area contributed by atoms with E-state index in [2.05, 4.69) is 9.88 Å². The zero-order valence-electron chi connectivity index (χ0n) is 11.3. The van der Waals surface area contributed by atoms with E-state index in [1.54, 1.807) is 13.0 Å². The number of sulfonamides is 1. The number of nitrogens with two attached hydrogens (primary N) is 1. The number of rotatable bonds is 4. The summed E-state index contributed by atoms with van der Waals surface area (Å²) in [6.45, 7) is 3.10. The average Bonchev–Trinajstić information content (AvgIpc) is 2.71. The van der Waals surface area contributed by atoms with Gasteiger partial charge in [0.1, 0.15) is 11.4 Å². The molecule has 0 radical (unpaired) electrons. The molecule has 0 unspecified atom stereocenters. The highest BCUT2D eigenvalue weighted by atomic mass is 32.2. The first-order valence-electron chi connectivity index (χ1n) is 5.74. The molecule has 0 spiro atoms. The van der Waals surface area contributed by atoms with Gasteiger partial charge in [0.15, 0.2) is 10.7 Å². The van der Waals surface area contributed by atoms with Gasteiger partial charge in [-0.2, -0.15) is 0 Å². The maximum absolute atomic E-state index is 12.4. The predicted molar refractivity (Wildman–Crippen MR) is 74.2 cm³/mol. The number of ether oxygens (including phenoxy) is 1. The van der Waals surface area contributed by atoms with Crippen molar-refractivity contribution in [3.05, 3.63) is 29.7 Å². The van der Waals surface area contributed by atoms with E-state index in [0.29, 0.717) is 22.8 Å². The molecule has 2 aromatic rings. The van der Waals surface area contributed by atoms with Crippen molar-refractivity contribution in [3.63, 3.8) is 0 Å². The van der Waals surface area contributed by atoms with E-state index in [-0.39, 0.29) is 10.7 Å². The van der Waals surface area contributed by atoms with Crippen LogP contribution in [0.15, 0.2) is 27.6 Å². The fourth-order valence-electron chi connectivity index (χ4n) is 1.85. The van der Waals surface area contributed by atoms with Crippen LogP contribution in [0.5, 0.6) is 5.75 Å². The van der Waals surface area contributed by atoms with Crippen LogP contribution in [0, 0.1) is 13.8 Å². The lowest BCUT2D eigenvalue weighted by Gasteiger charge is -2.12. The second-order valence-electron chi connectivity index (χ2n) is 4.22. The molecule has 1 heterocycles. The Labute approximate surface area is 116 Å². The summed E-state index contributed by atoms with van der Waals surface area (Å²) in [6, 6.07) is 4.64. The Morgan fingerprint density at radius 1 is 1.35 bits per heavy atom. The van der Waals surface area contributed by atoms with Gasteiger partial charge in [-0.1, -0.05) is 5.16 Å². The van der Waals surface area contributed by atoms with E-state index < -0.39 is 10.0 Å². The summed E-state index contributed by atoms with van der Waals surface area (Å²) in [5.41, 5.74) is 6.69. The number of hydrogen-bond acceptors (Lipinski definition) is 6. The summed E-state index contributed by atoms with van der Waals surface area (Å²) in [4.78, 5) is 0.0244. The van der Waals surface area contributed by atoms with Gasteiger partial charge in [0.25, 0.3) is 10.0 Å². The Kier molecular flexibility index (Phi) is 3.58. The lowest BCUT2D eigenvalue weighted by Crippen LogP contribution is -2.15. The summed E-state index contributed by atoms with van der Waals surface area (Å²) in [5.74, 6) is 0.560. The third-order valence-electron chi connectivity index (χ3n) is 2.71. The zero-order valence-corrected chi connectivity index (χ0v) is 12.1. The van der Waals surface area contributed by atoms with Gasteiger partial charge in [-0.3, -0.25) is 4.72 Å². The molecule has 2 rings (SSSR count). The van der Waals surface area contributed by atoms with Crippen molar-refractivity contribution in [3.8, 4) is 5.75 Å². The number of hydrogen-bond donors (Lipinski definition) is 2. The van der Waals surface area contributed by atoms with E-state index >= 15 is 0 Å². The molecule has 0 aliphatic rings. The van der Waals surface area contributed by atoms with E-state index in [0.717, 1.165) is 0 Å². The molecule has 0 aliphatic carbocycles. The van der Waals surface area contributed by atoms with Gasteiger partial charge in [-0.15, -0.1) is 0 Å². The lowest BCUT2D eigenvalue weighted by atomic mass is 10.2. The molecule has 0 saturated carbocycles. The largest absolute Gasteiger partial charge is 0.494 e. The molecule has 0 atom stereocenters. The van der Waals surface area contributed by atoms with Crippen molar-refractivity contribution in [1.29, 1.82) is 0 Å². The molecule has 20 heavy (non-hydrogen) atoms. The standard InChI is InChI=1S/C12H15N3O4S/c1-7-12(8(2)19-14-7)20(16,17)15-10-5-4-9(13)6-11(10)18-3/h4-6,15H,13H2,1-3H3. The normalized spacial score (nSPS) is 11.3. The van der Waals surface area contributed by atoms with E-state index in [9.17, 15) is 8.42 Å². The van der Waals surface area contributed by atoms with Crippen molar-refractivity contribution in [2.24, 2.45) is 0 Å². The van der Waals surface area contributed by atoms with Crippen LogP contribution in [0.1, 0.15) is 11.5 Å². The van der Waals surface area contributed by atoms with Gasteiger partial charge < -0.3 is 15.0 Å². The highest BCUT2D eigenvalue weighted by Gasteiger charge is 2.25.